The van der Waals surface area contributed by atoms with E-state index in [0.717, 1.165) is 5.56 Å². The Morgan fingerprint density at radius 2 is 1.53 bits per heavy atom. The minimum Gasteiger partial charge on any atom is -0.480 e. The summed E-state index contributed by atoms with van der Waals surface area (Å²) in [5.41, 5.74) is 5.51. The number of carbonyl (C=O) groups is 2. The SMILES string of the molecule is O=C(O)[C@H](CO)NN[C@@H](Cc1ccccc1)C(=O)O. The van der Waals surface area contributed by atoms with E-state index >= 15 is 0 Å². The molecule has 0 bridgehead atoms. The van der Waals surface area contributed by atoms with Crippen LogP contribution in [0, 0.1) is 0 Å². The molecule has 7 nitrogen and oxygen atoms in total. The third-order valence-corrected chi connectivity index (χ3v) is 2.49. The lowest BCUT2D eigenvalue weighted by Gasteiger charge is -2.18. The van der Waals surface area contributed by atoms with E-state index in [1.165, 1.54) is 0 Å². The summed E-state index contributed by atoms with van der Waals surface area (Å²) in [5.74, 6) is -2.38. The largest absolute Gasteiger partial charge is 0.480 e. The zero-order valence-electron chi connectivity index (χ0n) is 10.1. The highest BCUT2D eigenvalue weighted by molar-refractivity contribution is 5.75. The van der Waals surface area contributed by atoms with Crippen molar-refractivity contribution in [2.45, 2.75) is 18.5 Å². The van der Waals surface area contributed by atoms with E-state index in [1.807, 2.05) is 6.07 Å². The van der Waals surface area contributed by atoms with Crippen molar-refractivity contribution in [2.75, 3.05) is 6.61 Å². The van der Waals surface area contributed by atoms with Gasteiger partial charge in [0.05, 0.1) is 6.61 Å². The third kappa shape index (κ3) is 5.04. The van der Waals surface area contributed by atoms with Gasteiger partial charge in [0.2, 0.25) is 0 Å². The van der Waals surface area contributed by atoms with Crippen LogP contribution < -0.4 is 10.9 Å². The van der Waals surface area contributed by atoms with Gasteiger partial charge >= 0.3 is 11.9 Å². The first-order valence-corrected chi connectivity index (χ1v) is 5.66. The maximum absolute atomic E-state index is 11.1. The van der Waals surface area contributed by atoms with Gasteiger partial charge in [0.15, 0.2) is 0 Å². The second-order valence-corrected chi connectivity index (χ2v) is 3.94. The number of hydrazine groups is 1. The number of nitrogens with one attached hydrogen (secondary N) is 2. The highest BCUT2D eigenvalue weighted by Crippen LogP contribution is 2.03. The molecule has 7 heteroatoms. The zero-order chi connectivity index (χ0) is 14.3. The van der Waals surface area contributed by atoms with Gasteiger partial charge in [0.25, 0.3) is 0 Å². The first-order valence-electron chi connectivity index (χ1n) is 5.66. The number of carboxylic acid groups (broad SMARTS) is 2. The van der Waals surface area contributed by atoms with Gasteiger partial charge in [-0.15, -0.1) is 0 Å². The van der Waals surface area contributed by atoms with Gasteiger partial charge in [0.1, 0.15) is 12.1 Å². The summed E-state index contributed by atoms with van der Waals surface area (Å²) in [4.78, 5) is 21.7. The summed E-state index contributed by atoms with van der Waals surface area (Å²) < 4.78 is 0. The Kier molecular flexibility index (Phi) is 5.94. The monoisotopic (exact) mass is 268 g/mol. The van der Waals surface area contributed by atoms with Crippen LogP contribution in [0.4, 0.5) is 0 Å². The van der Waals surface area contributed by atoms with E-state index in [9.17, 15) is 9.59 Å². The lowest BCUT2D eigenvalue weighted by atomic mass is 10.1. The predicted octanol–water partition coefficient (Wildman–Crippen LogP) is -0.778. The van der Waals surface area contributed by atoms with Gasteiger partial charge in [-0.1, -0.05) is 30.3 Å². The highest BCUT2D eigenvalue weighted by atomic mass is 16.4. The molecule has 0 saturated carbocycles. The molecule has 0 saturated heterocycles. The van der Waals surface area contributed by atoms with E-state index in [-0.39, 0.29) is 6.42 Å². The van der Waals surface area contributed by atoms with E-state index in [0.29, 0.717) is 0 Å². The van der Waals surface area contributed by atoms with Gasteiger partial charge in [0, 0.05) is 0 Å². The Hall–Kier alpha value is -1.96. The zero-order valence-corrected chi connectivity index (χ0v) is 10.1. The van der Waals surface area contributed by atoms with Crippen molar-refractivity contribution in [3.8, 4) is 0 Å². The summed E-state index contributed by atoms with van der Waals surface area (Å²) in [6.45, 7) is -0.639. The number of hydrogen-bond donors (Lipinski definition) is 5. The molecule has 2 atom stereocenters. The number of aliphatic hydroxyl groups excluding tert-OH is 1. The fourth-order valence-electron chi connectivity index (χ4n) is 1.44. The molecule has 1 aromatic carbocycles. The Labute approximate surface area is 109 Å². The first-order chi connectivity index (χ1) is 9.04. The molecular weight excluding hydrogens is 252 g/mol. The summed E-state index contributed by atoms with van der Waals surface area (Å²) >= 11 is 0. The smallest absolute Gasteiger partial charge is 0.324 e. The molecule has 104 valence electrons. The second-order valence-electron chi connectivity index (χ2n) is 3.94. The summed E-state index contributed by atoms with van der Waals surface area (Å²) in [6.07, 6.45) is 0.195. The maximum Gasteiger partial charge on any atom is 0.324 e. The minimum atomic E-state index is -1.26. The highest BCUT2D eigenvalue weighted by Gasteiger charge is 2.21. The van der Waals surface area contributed by atoms with Crippen molar-refractivity contribution in [3.63, 3.8) is 0 Å². The average Bonchev–Trinajstić information content (AvgIpc) is 2.38. The van der Waals surface area contributed by atoms with Crippen LogP contribution >= 0.6 is 0 Å². The van der Waals surface area contributed by atoms with Gasteiger partial charge in [-0.25, -0.2) is 10.9 Å². The molecule has 1 aromatic rings. The van der Waals surface area contributed by atoms with Gasteiger partial charge in [-0.3, -0.25) is 9.59 Å². The fourth-order valence-corrected chi connectivity index (χ4v) is 1.44. The molecule has 0 aromatic heterocycles. The molecule has 0 unspecified atom stereocenters. The molecule has 0 heterocycles. The Balaban J connectivity index is 2.59. The second kappa shape index (κ2) is 7.47. The summed E-state index contributed by atoms with van der Waals surface area (Å²) in [5, 5.41) is 26.6. The molecule has 0 aliphatic carbocycles. The van der Waals surface area contributed by atoms with E-state index in [1.54, 1.807) is 24.3 Å². The van der Waals surface area contributed by atoms with Crippen LogP contribution in [0.15, 0.2) is 30.3 Å². The lowest BCUT2D eigenvalue weighted by molar-refractivity contribution is -0.143. The Bertz CT molecular complexity index is 423. The van der Waals surface area contributed by atoms with Crippen LogP contribution in [0.1, 0.15) is 5.56 Å². The third-order valence-electron chi connectivity index (χ3n) is 2.49. The predicted molar refractivity (Wildman–Crippen MR) is 66.4 cm³/mol. The molecule has 0 aliphatic rings. The number of benzene rings is 1. The van der Waals surface area contributed by atoms with Crippen LogP contribution in [-0.2, 0) is 16.0 Å². The van der Waals surface area contributed by atoms with Gasteiger partial charge in [-0.05, 0) is 12.0 Å². The van der Waals surface area contributed by atoms with E-state index in [2.05, 4.69) is 10.9 Å². The molecular formula is C12H16N2O5. The first kappa shape index (κ1) is 15.1. The van der Waals surface area contributed by atoms with Crippen LogP contribution in [-0.4, -0.2) is 45.9 Å². The number of hydrogen-bond acceptors (Lipinski definition) is 5. The summed E-state index contributed by atoms with van der Waals surface area (Å²) in [7, 11) is 0. The maximum atomic E-state index is 11.1. The molecule has 0 radical (unpaired) electrons. The van der Waals surface area contributed by atoms with E-state index in [4.69, 9.17) is 15.3 Å². The molecule has 1 rings (SSSR count). The average molecular weight is 268 g/mol. The van der Waals surface area contributed by atoms with Crippen molar-refractivity contribution in [1.29, 1.82) is 0 Å². The number of carboxylic acids is 2. The Morgan fingerprint density at radius 3 is 2.00 bits per heavy atom. The van der Waals surface area contributed by atoms with Gasteiger partial charge in [-0.2, -0.15) is 0 Å². The standard InChI is InChI=1S/C12H16N2O5/c15-7-10(12(18)19)14-13-9(11(16)17)6-8-4-2-1-3-5-8/h1-5,9-10,13-15H,6-7H2,(H,16,17)(H,18,19)/t9-,10-/m0/s1. The lowest BCUT2D eigenvalue weighted by Crippen LogP contribution is -2.54. The molecule has 0 amide bonds. The van der Waals surface area contributed by atoms with Crippen LogP contribution in [0.3, 0.4) is 0 Å². The molecule has 5 N–H and O–H groups in total. The number of aliphatic carboxylic acids is 2. The normalized spacial score (nSPS) is 13.7. The van der Waals surface area contributed by atoms with Crippen molar-refractivity contribution in [3.05, 3.63) is 35.9 Å². The summed E-state index contributed by atoms with van der Waals surface area (Å²) in [6, 6.07) is 6.70. The quantitative estimate of drug-likeness (QED) is 0.392. The van der Waals surface area contributed by atoms with Crippen molar-refractivity contribution >= 4 is 11.9 Å². The molecule has 0 spiro atoms. The van der Waals surface area contributed by atoms with Crippen molar-refractivity contribution in [2.24, 2.45) is 0 Å². The topological polar surface area (TPSA) is 119 Å². The fraction of sp³-hybridized carbons (Fsp3) is 0.333. The Morgan fingerprint density at radius 1 is 1.00 bits per heavy atom. The van der Waals surface area contributed by atoms with Crippen LogP contribution in [0.5, 0.6) is 0 Å². The van der Waals surface area contributed by atoms with Crippen molar-refractivity contribution in [1.82, 2.24) is 10.9 Å². The van der Waals surface area contributed by atoms with Crippen LogP contribution in [0.2, 0.25) is 0 Å². The number of rotatable bonds is 8. The molecule has 0 aliphatic heterocycles. The number of aliphatic hydroxyl groups is 1. The molecule has 19 heavy (non-hydrogen) atoms. The minimum absolute atomic E-state index is 0.195. The molecule has 0 fully saturated rings. The van der Waals surface area contributed by atoms with E-state index < -0.39 is 30.6 Å². The van der Waals surface area contributed by atoms with Crippen molar-refractivity contribution < 1.29 is 24.9 Å². The van der Waals surface area contributed by atoms with Crippen LogP contribution in [0.25, 0.3) is 0 Å². The van der Waals surface area contributed by atoms with Gasteiger partial charge < -0.3 is 15.3 Å².